The van der Waals surface area contributed by atoms with Gasteiger partial charge in [0.1, 0.15) is 5.76 Å². The summed E-state index contributed by atoms with van der Waals surface area (Å²) in [6.07, 6.45) is 11.2. The van der Waals surface area contributed by atoms with Crippen molar-refractivity contribution < 1.29 is 9.47 Å². The number of rotatable bonds is 7. The van der Waals surface area contributed by atoms with Crippen molar-refractivity contribution in [2.75, 3.05) is 14.2 Å². The van der Waals surface area contributed by atoms with E-state index in [0.717, 1.165) is 16.9 Å². The van der Waals surface area contributed by atoms with Crippen molar-refractivity contribution in [3.05, 3.63) is 72.3 Å². The van der Waals surface area contributed by atoms with Crippen LogP contribution < -0.4 is 0 Å². The van der Waals surface area contributed by atoms with E-state index < -0.39 is 0 Å². The first-order chi connectivity index (χ1) is 8.58. The average Bonchev–Trinajstić information content (AvgIpc) is 2.40. The number of methoxy groups -OCH3 is 2. The SMILES string of the molecule is C=C\C(=C/C=C(C=C)/C(C)=C/C=C(\C)OC)OC. The lowest BCUT2D eigenvalue weighted by molar-refractivity contribution is 0.294. The number of hydrogen-bond donors (Lipinski definition) is 0. The van der Waals surface area contributed by atoms with E-state index in [9.17, 15) is 0 Å². The second-order valence-electron chi connectivity index (χ2n) is 3.63. The van der Waals surface area contributed by atoms with E-state index in [-0.39, 0.29) is 0 Å². The Morgan fingerprint density at radius 3 is 1.94 bits per heavy atom. The lowest BCUT2D eigenvalue weighted by Crippen LogP contribution is -1.84. The molecule has 0 atom stereocenters. The minimum absolute atomic E-state index is 0.714. The minimum atomic E-state index is 0.714. The summed E-state index contributed by atoms with van der Waals surface area (Å²) >= 11 is 0. The van der Waals surface area contributed by atoms with Crippen molar-refractivity contribution in [1.82, 2.24) is 0 Å². The highest BCUT2D eigenvalue weighted by atomic mass is 16.5. The maximum atomic E-state index is 5.10. The molecule has 0 N–H and O–H groups in total. The van der Waals surface area contributed by atoms with Gasteiger partial charge >= 0.3 is 0 Å². The largest absolute Gasteiger partial charge is 0.501 e. The average molecular weight is 246 g/mol. The zero-order valence-corrected chi connectivity index (χ0v) is 11.7. The topological polar surface area (TPSA) is 18.5 Å². The van der Waals surface area contributed by atoms with Crippen molar-refractivity contribution in [2.24, 2.45) is 0 Å². The highest BCUT2D eigenvalue weighted by molar-refractivity contribution is 5.42. The first kappa shape index (κ1) is 16.0. The van der Waals surface area contributed by atoms with E-state index in [2.05, 4.69) is 13.2 Å². The molecule has 0 aromatic rings. The van der Waals surface area contributed by atoms with Gasteiger partial charge in [0.25, 0.3) is 0 Å². The van der Waals surface area contributed by atoms with E-state index in [1.165, 1.54) is 0 Å². The summed E-state index contributed by atoms with van der Waals surface area (Å²) in [7, 11) is 3.26. The smallest absolute Gasteiger partial charge is 0.118 e. The highest BCUT2D eigenvalue weighted by Gasteiger charge is 1.94. The van der Waals surface area contributed by atoms with Crippen molar-refractivity contribution in [1.29, 1.82) is 0 Å². The molecule has 0 aliphatic heterocycles. The van der Waals surface area contributed by atoms with Gasteiger partial charge in [-0.2, -0.15) is 0 Å². The molecule has 2 nitrogen and oxygen atoms in total. The first-order valence-corrected chi connectivity index (χ1v) is 5.69. The second-order valence-corrected chi connectivity index (χ2v) is 3.63. The molecule has 0 saturated heterocycles. The molecule has 0 aliphatic rings. The minimum Gasteiger partial charge on any atom is -0.501 e. The Hall–Kier alpha value is -1.96. The van der Waals surface area contributed by atoms with Gasteiger partial charge < -0.3 is 9.47 Å². The number of hydrogen-bond acceptors (Lipinski definition) is 2. The van der Waals surface area contributed by atoms with Gasteiger partial charge in [0.15, 0.2) is 0 Å². The van der Waals surface area contributed by atoms with Crippen LogP contribution in [-0.2, 0) is 9.47 Å². The van der Waals surface area contributed by atoms with E-state index in [1.807, 2.05) is 38.2 Å². The van der Waals surface area contributed by atoms with Gasteiger partial charge in [-0.05, 0) is 43.2 Å². The van der Waals surface area contributed by atoms with Crippen LogP contribution in [0.4, 0.5) is 0 Å². The molecule has 0 fully saturated rings. The summed E-state index contributed by atoms with van der Waals surface area (Å²) in [4.78, 5) is 0. The van der Waals surface area contributed by atoms with E-state index in [4.69, 9.17) is 9.47 Å². The Morgan fingerprint density at radius 1 is 0.833 bits per heavy atom. The van der Waals surface area contributed by atoms with Gasteiger partial charge in [-0.1, -0.05) is 31.4 Å². The van der Waals surface area contributed by atoms with Gasteiger partial charge in [0.2, 0.25) is 0 Å². The molecule has 2 heteroatoms. The standard InChI is InChI=1S/C16H22O2/c1-7-15(11-12-16(8-2)18-6)13(3)9-10-14(4)17-5/h7-12H,1-2H2,3-6H3/b13-9+,14-10+,15-11+,16-12+. The summed E-state index contributed by atoms with van der Waals surface area (Å²) in [5.74, 6) is 1.57. The van der Waals surface area contributed by atoms with Crippen LogP contribution in [0.25, 0.3) is 0 Å². The van der Waals surface area contributed by atoms with E-state index in [1.54, 1.807) is 26.4 Å². The van der Waals surface area contributed by atoms with Gasteiger partial charge in [-0.3, -0.25) is 0 Å². The normalized spacial score (nSPS) is 14.2. The monoisotopic (exact) mass is 246 g/mol. The van der Waals surface area contributed by atoms with E-state index >= 15 is 0 Å². The summed E-state index contributed by atoms with van der Waals surface area (Å²) in [6.45, 7) is 11.4. The lowest BCUT2D eigenvalue weighted by atomic mass is 10.1. The fourth-order valence-corrected chi connectivity index (χ4v) is 1.16. The van der Waals surface area contributed by atoms with Crippen LogP contribution in [-0.4, -0.2) is 14.2 Å². The summed E-state index contributed by atoms with van der Waals surface area (Å²) < 4.78 is 10.2. The molecule has 0 unspecified atom stereocenters. The molecule has 0 aliphatic carbocycles. The van der Waals surface area contributed by atoms with Crippen LogP contribution in [0.1, 0.15) is 13.8 Å². The highest BCUT2D eigenvalue weighted by Crippen LogP contribution is 2.12. The van der Waals surface area contributed by atoms with Crippen LogP contribution in [0.3, 0.4) is 0 Å². The predicted molar refractivity (Wildman–Crippen MR) is 78.1 cm³/mol. The molecule has 18 heavy (non-hydrogen) atoms. The van der Waals surface area contributed by atoms with Gasteiger partial charge in [0.05, 0.1) is 20.0 Å². The molecular weight excluding hydrogens is 224 g/mol. The molecule has 0 bridgehead atoms. The maximum absolute atomic E-state index is 5.10. The summed E-state index contributed by atoms with van der Waals surface area (Å²) in [5, 5.41) is 0. The Bertz CT molecular complexity index is 407. The molecule has 0 heterocycles. The Balaban J connectivity index is 5.09. The van der Waals surface area contributed by atoms with Crippen LogP contribution in [0, 0.1) is 0 Å². The van der Waals surface area contributed by atoms with Gasteiger partial charge in [0, 0.05) is 0 Å². The summed E-state index contributed by atoms with van der Waals surface area (Å²) in [5.41, 5.74) is 2.11. The molecule has 0 rings (SSSR count). The third kappa shape index (κ3) is 5.94. The second kappa shape index (κ2) is 9.11. The van der Waals surface area contributed by atoms with Crippen molar-refractivity contribution in [3.8, 4) is 0 Å². The van der Waals surface area contributed by atoms with Crippen LogP contribution in [0.2, 0.25) is 0 Å². The Morgan fingerprint density at radius 2 is 1.50 bits per heavy atom. The first-order valence-electron chi connectivity index (χ1n) is 5.69. The molecule has 98 valence electrons. The molecule has 0 amide bonds. The molecular formula is C16H22O2. The zero-order valence-electron chi connectivity index (χ0n) is 11.7. The maximum Gasteiger partial charge on any atom is 0.118 e. The Labute approximate surface area is 110 Å². The third-order valence-electron chi connectivity index (χ3n) is 2.43. The van der Waals surface area contributed by atoms with Crippen LogP contribution in [0.15, 0.2) is 72.3 Å². The zero-order chi connectivity index (χ0) is 14.0. The van der Waals surface area contributed by atoms with Crippen molar-refractivity contribution in [2.45, 2.75) is 13.8 Å². The lowest BCUT2D eigenvalue weighted by Gasteiger charge is -2.02. The summed E-state index contributed by atoms with van der Waals surface area (Å²) in [6, 6.07) is 0. The van der Waals surface area contributed by atoms with Gasteiger partial charge in [-0.15, -0.1) is 0 Å². The Kier molecular flexibility index (Phi) is 8.12. The fourth-order valence-electron chi connectivity index (χ4n) is 1.16. The predicted octanol–water partition coefficient (Wildman–Crippen LogP) is 4.31. The van der Waals surface area contributed by atoms with Gasteiger partial charge in [-0.25, -0.2) is 0 Å². The molecule has 0 aromatic carbocycles. The fraction of sp³-hybridized carbons (Fsp3) is 0.250. The van der Waals surface area contributed by atoms with Crippen molar-refractivity contribution in [3.63, 3.8) is 0 Å². The molecule has 0 radical (unpaired) electrons. The molecule has 0 spiro atoms. The van der Waals surface area contributed by atoms with E-state index in [0.29, 0.717) is 5.76 Å². The van der Waals surface area contributed by atoms with Crippen LogP contribution in [0.5, 0.6) is 0 Å². The number of ether oxygens (including phenoxy) is 2. The van der Waals surface area contributed by atoms with Crippen molar-refractivity contribution >= 4 is 0 Å². The van der Waals surface area contributed by atoms with Crippen LogP contribution >= 0.6 is 0 Å². The number of allylic oxidation sites excluding steroid dienone is 9. The quantitative estimate of drug-likeness (QED) is 0.492. The molecule has 0 saturated carbocycles. The molecule has 0 aromatic heterocycles. The third-order valence-corrected chi connectivity index (χ3v) is 2.43.